The molecule has 0 aromatic heterocycles. The number of carboxylic acids is 1. The standard InChI is InChI=1S/C20H27N3O3S2/c1-23(11-13(21)12-27)18-8-4-5-14-15(18)6-3-7-16(14)19(24)22-17(20(25)26)9-10-28-2/h3-8,13,17,27H,9-12,21H2,1-2H3,(H,22,24)(H,25,26)/t13-,17+/m1/s1. The number of thioether (sulfide) groups is 1. The van der Waals surface area contributed by atoms with Crippen LogP contribution >= 0.6 is 24.4 Å². The first-order valence-electron chi connectivity index (χ1n) is 9.01. The molecule has 28 heavy (non-hydrogen) atoms. The molecule has 2 aromatic rings. The van der Waals surface area contributed by atoms with E-state index >= 15 is 0 Å². The van der Waals surface area contributed by atoms with E-state index in [-0.39, 0.29) is 11.9 Å². The lowest BCUT2D eigenvalue weighted by molar-refractivity contribution is -0.139. The molecule has 2 rings (SSSR count). The van der Waals surface area contributed by atoms with Crippen molar-refractivity contribution < 1.29 is 14.7 Å². The van der Waals surface area contributed by atoms with Gasteiger partial charge in [0.2, 0.25) is 0 Å². The van der Waals surface area contributed by atoms with Gasteiger partial charge in [-0.1, -0.05) is 24.3 Å². The second-order valence-electron chi connectivity index (χ2n) is 6.65. The zero-order valence-electron chi connectivity index (χ0n) is 16.1. The Bertz CT molecular complexity index is 831. The molecule has 0 unspecified atom stereocenters. The number of hydrogen-bond donors (Lipinski definition) is 4. The van der Waals surface area contributed by atoms with Crippen molar-refractivity contribution in [2.24, 2.45) is 5.73 Å². The fraction of sp³-hybridized carbons (Fsp3) is 0.400. The number of carbonyl (C=O) groups is 2. The number of nitrogens with one attached hydrogen (secondary N) is 1. The number of likely N-dealkylation sites (N-methyl/N-ethyl adjacent to an activating group) is 1. The van der Waals surface area contributed by atoms with E-state index in [1.54, 1.807) is 17.8 Å². The van der Waals surface area contributed by atoms with Crippen LogP contribution in [-0.4, -0.2) is 60.4 Å². The molecule has 152 valence electrons. The summed E-state index contributed by atoms with van der Waals surface area (Å²) in [7, 11) is 1.95. The van der Waals surface area contributed by atoms with Gasteiger partial charge < -0.3 is 21.1 Å². The smallest absolute Gasteiger partial charge is 0.326 e. The van der Waals surface area contributed by atoms with Crippen molar-refractivity contribution in [2.45, 2.75) is 18.5 Å². The maximum atomic E-state index is 12.8. The summed E-state index contributed by atoms with van der Waals surface area (Å²) < 4.78 is 0. The molecule has 0 spiro atoms. The van der Waals surface area contributed by atoms with Gasteiger partial charge in [-0.3, -0.25) is 4.79 Å². The first-order valence-corrected chi connectivity index (χ1v) is 11.0. The monoisotopic (exact) mass is 421 g/mol. The van der Waals surface area contributed by atoms with Gasteiger partial charge in [-0.15, -0.1) is 0 Å². The third kappa shape index (κ3) is 5.56. The zero-order chi connectivity index (χ0) is 20.7. The Hall–Kier alpha value is -1.90. The Morgan fingerprint density at radius 2 is 1.93 bits per heavy atom. The Morgan fingerprint density at radius 3 is 2.57 bits per heavy atom. The highest BCUT2D eigenvalue weighted by atomic mass is 32.2. The fourth-order valence-electron chi connectivity index (χ4n) is 3.06. The number of aliphatic carboxylic acids is 1. The minimum absolute atomic E-state index is 0.0668. The minimum atomic E-state index is -1.02. The lowest BCUT2D eigenvalue weighted by atomic mass is 10.0. The van der Waals surface area contributed by atoms with Gasteiger partial charge in [-0.25, -0.2) is 4.79 Å². The van der Waals surface area contributed by atoms with E-state index in [2.05, 4.69) is 17.9 Å². The number of carbonyl (C=O) groups excluding carboxylic acids is 1. The van der Waals surface area contributed by atoms with Gasteiger partial charge in [-0.2, -0.15) is 24.4 Å². The van der Waals surface area contributed by atoms with E-state index < -0.39 is 12.0 Å². The van der Waals surface area contributed by atoms with Crippen molar-refractivity contribution in [2.75, 3.05) is 36.3 Å². The summed E-state index contributed by atoms with van der Waals surface area (Å²) in [6.07, 6.45) is 2.28. The number of nitrogens with two attached hydrogens (primary N) is 1. The van der Waals surface area contributed by atoms with Crippen molar-refractivity contribution in [3.63, 3.8) is 0 Å². The van der Waals surface area contributed by atoms with Gasteiger partial charge in [0.05, 0.1) is 0 Å². The van der Waals surface area contributed by atoms with Crippen LogP contribution in [0.1, 0.15) is 16.8 Å². The molecule has 4 N–H and O–H groups in total. The highest BCUT2D eigenvalue weighted by Gasteiger charge is 2.21. The maximum Gasteiger partial charge on any atom is 0.326 e. The Morgan fingerprint density at radius 1 is 1.25 bits per heavy atom. The second kappa shape index (κ2) is 10.6. The molecule has 2 aromatic carbocycles. The van der Waals surface area contributed by atoms with E-state index in [0.29, 0.717) is 30.0 Å². The number of anilines is 1. The number of benzene rings is 2. The number of carboxylic acid groups (broad SMARTS) is 1. The van der Waals surface area contributed by atoms with Crippen LogP contribution in [0.15, 0.2) is 36.4 Å². The van der Waals surface area contributed by atoms with Gasteiger partial charge in [0.15, 0.2) is 0 Å². The molecule has 6 nitrogen and oxygen atoms in total. The SMILES string of the molecule is CSCC[C@H](NC(=O)c1cccc2c(N(C)C[C@@H](N)CS)cccc12)C(=O)O. The molecule has 0 saturated heterocycles. The molecule has 0 heterocycles. The van der Waals surface area contributed by atoms with Crippen LogP contribution in [-0.2, 0) is 4.79 Å². The first-order chi connectivity index (χ1) is 13.4. The highest BCUT2D eigenvalue weighted by Crippen LogP contribution is 2.28. The molecule has 0 aliphatic rings. The number of nitrogens with zero attached hydrogens (tertiary/aromatic N) is 1. The maximum absolute atomic E-state index is 12.8. The Balaban J connectivity index is 2.34. The lowest BCUT2D eigenvalue weighted by Gasteiger charge is -2.24. The van der Waals surface area contributed by atoms with E-state index in [0.717, 1.165) is 16.5 Å². The summed E-state index contributed by atoms with van der Waals surface area (Å²) in [4.78, 5) is 26.3. The number of amides is 1. The van der Waals surface area contributed by atoms with Crippen molar-refractivity contribution >= 4 is 52.7 Å². The fourth-order valence-corrected chi connectivity index (χ4v) is 3.65. The van der Waals surface area contributed by atoms with Crippen molar-refractivity contribution in [1.29, 1.82) is 0 Å². The van der Waals surface area contributed by atoms with E-state index in [9.17, 15) is 14.7 Å². The lowest BCUT2D eigenvalue weighted by Crippen LogP contribution is -2.41. The predicted molar refractivity (Wildman–Crippen MR) is 121 cm³/mol. The van der Waals surface area contributed by atoms with Gasteiger partial charge in [0.25, 0.3) is 5.91 Å². The Kier molecular flexibility index (Phi) is 8.47. The summed E-state index contributed by atoms with van der Waals surface area (Å²) in [5.41, 5.74) is 7.44. The van der Waals surface area contributed by atoms with Crippen molar-refractivity contribution in [1.82, 2.24) is 5.32 Å². The van der Waals surface area contributed by atoms with E-state index in [1.807, 2.05) is 48.5 Å². The summed E-state index contributed by atoms with van der Waals surface area (Å²) in [6.45, 7) is 0.634. The van der Waals surface area contributed by atoms with Gasteiger partial charge >= 0.3 is 5.97 Å². The number of thiol groups is 1. The van der Waals surface area contributed by atoms with Gasteiger partial charge in [-0.05, 0) is 35.9 Å². The molecular weight excluding hydrogens is 394 g/mol. The molecule has 0 saturated carbocycles. The summed E-state index contributed by atoms with van der Waals surface area (Å²) in [6, 6.07) is 10.2. The van der Waals surface area contributed by atoms with Crippen LogP contribution in [0.25, 0.3) is 10.8 Å². The third-order valence-electron chi connectivity index (χ3n) is 4.51. The minimum Gasteiger partial charge on any atom is -0.480 e. The van der Waals surface area contributed by atoms with Crippen LogP contribution in [0, 0.1) is 0 Å². The van der Waals surface area contributed by atoms with E-state index in [4.69, 9.17) is 5.73 Å². The van der Waals surface area contributed by atoms with Crippen LogP contribution < -0.4 is 16.0 Å². The Labute approximate surface area is 175 Å². The molecule has 0 fully saturated rings. The average molecular weight is 422 g/mol. The normalized spacial score (nSPS) is 13.1. The van der Waals surface area contributed by atoms with Crippen molar-refractivity contribution in [3.8, 4) is 0 Å². The molecule has 0 radical (unpaired) electrons. The summed E-state index contributed by atoms with van der Waals surface area (Å²) in [5, 5.41) is 13.7. The van der Waals surface area contributed by atoms with E-state index in [1.165, 1.54) is 0 Å². The molecule has 0 aliphatic heterocycles. The van der Waals surface area contributed by atoms with Crippen molar-refractivity contribution in [3.05, 3.63) is 42.0 Å². The first kappa shape index (κ1) is 22.4. The predicted octanol–water partition coefficient (Wildman–Crippen LogP) is 2.47. The average Bonchev–Trinajstić information content (AvgIpc) is 2.69. The highest BCUT2D eigenvalue weighted by molar-refractivity contribution is 7.98. The molecule has 8 heteroatoms. The van der Waals surface area contributed by atoms with Crippen LogP contribution in [0.5, 0.6) is 0 Å². The third-order valence-corrected chi connectivity index (χ3v) is 5.62. The topological polar surface area (TPSA) is 95.7 Å². The second-order valence-corrected chi connectivity index (χ2v) is 8.00. The van der Waals surface area contributed by atoms with Gasteiger partial charge in [0.1, 0.15) is 6.04 Å². The quantitative estimate of drug-likeness (QED) is 0.440. The van der Waals surface area contributed by atoms with Crippen LogP contribution in [0.2, 0.25) is 0 Å². The number of rotatable bonds is 10. The largest absolute Gasteiger partial charge is 0.480 e. The van der Waals surface area contributed by atoms with Crippen LogP contribution in [0.3, 0.4) is 0 Å². The zero-order valence-corrected chi connectivity index (χ0v) is 17.8. The molecular formula is C20H27N3O3S2. The molecule has 0 bridgehead atoms. The molecule has 0 aliphatic carbocycles. The summed E-state index contributed by atoms with van der Waals surface area (Å²) in [5.74, 6) is -0.169. The number of fused-ring (bicyclic) bond motifs is 1. The number of hydrogen-bond acceptors (Lipinski definition) is 6. The van der Waals surface area contributed by atoms with Crippen LogP contribution in [0.4, 0.5) is 5.69 Å². The van der Waals surface area contributed by atoms with Gasteiger partial charge in [0, 0.05) is 42.0 Å². The molecule has 2 atom stereocenters. The summed E-state index contributed by atoms with van der Waals surface area (Å²) >= 11 is 5.79. The molecule has 1 amide bonds.